The van der Waals surface area contributed by atoms with E-state index in [1.807, 2.05) is 23.6 Å². The first-order valence-electron chi connectivity index (χ1n) is 6.05. The molecule has 0 atom stereocenters. The van der Waals surface area contributed by atoms with Crippen LogP contribution in [0.25, 0.3) is 17.9 Å². The van der Waals surface area contributed by atoms with Gasteiger partial charge in [-0.15, -0.1) is 11.3 Å². The molecular weight excluding hydrogens is 260 g/mol. The molecule has 4 rings (SSSR count). The number of imidazole rings is 1. The van der Waals surface area contributed by atoms with Gasteiger partial charge in [0, 0.05) is 4.88 Å². The Labute approximate surface area is 111 Å². The lowest BCUT2D eigenvalue weighted by Crippen LogP contribution is -2.28. The molecule has 0 amide bonds. The summed E-state index contributed by atoms with van der Waals surface area (Å²) >= 11 is 1.59. The summed E-state index contributed by atoms with van der Waals surface area (Å²) in [5.74, 6) is 0.504. The molecule has 0 saturated heterocycles. The van der Waals surface area contributed by atoms with E-state index in [9.17, 15) is 4.79 Å². The summed E-state index contributed by atoms with van der Waals surface area (Å²) in [6.07, 6.45) is 5.76. The van der Waals surface area contributed by atoms with Crippen molar-refractivity contribution >= 4 is 29.3 Å². The van der Waals surface area contributed by atoms with Crippen molar-refractivity contribution in [3.63, 3.8) is 0 Å². The molecule has 0 saturated carbocycles. The summed E-state index contributed by atoms with van der Waals surface area (Å²) in [5, 5.41) is 7.92. The van der Waals surface area contributed by atoms with Crippen LogP contribution >= 0.6 is 11.3 Å². The fourth-order valence-electron chi connectivity index (χ4n) is 2.28. The molecule has 5 nitrogen and oxygen atoms in total. The molecule has 0 spiro atoms. The lowest BCUT2D eigenvalue weighted by Gasteiger charge is -1.95. The van der Waals surface area contributed by atoms with Crippen molar-refractivity contribution in [1.29, 1.82) is 0 Å². The van der Waals surface area contributed by atoms with Crippen LogP contribution in [-0.2, 0) is 6.42 Å². The van der Waals surface area contributed by atoms with Gasteiger partial charge in [0.15, 0.2) is 0 Å². The van der Waals surface area contributed by atoms with Crippen LogP contribution in [0, 0.1) is 0 Å². The molecule has 3 heterocycles. The highest BCUT2D eigenvalue weighted by Gasteiger charge is 2.10. The molecule has 0 aliphatic heterocycles. The predicted molar refractivity (Wildman–Crippen MR) is 73.5 cm³/mol. The number of hydrogen-bond donors (Lipinski definition) is 1. The molecule has 1 aliphatic rings. The van der Waals surface area contributed by atoms with E-state index < -0.39 is 0 Å². The van der Waals surface area contributed by atoms with Crippen LogP contribution in [0.5, 0.6) is 0 Å². The van der Waals surface area contributed by atoms with E-state index in [-0.39, 0.29) is 5.56 Å². The molecule has 1 aliphatic carbocycles. The Bertz CT molecular complexity index is 934. The number of aromatic amines is 1. The molecule has 0 unspecified atom stereocenters. The summed E-state index contributed by atoms with van der Waals surface area (Å²) in [5.41, 5.74) is 0.800. The molecule has 1 N–H and O–H groups in total. The van der Waals surface area contributed by atoms with Gasteiger partial charge in [-0.3, -0.25) is 9.78 Å². The maximum absolute atomic E-state index is 12.0. The zero-order valence-corrected chi connectivity index (χ0v) is 10.8. The number of H-pyrrole nitrogens is 1. The summed E-state index contributed by atoms with van der Waals surface area (Å²) in [4.78, 5) is 20.2. The van der Waals surface area contributed by atoms with Crippen LogP contribution in [0.3, 0.4) is 0 Å². The van der Waals surface area contributed by atoms with E-state index in [4.69, 9.17) is 0 Å². The van der Waals surface area contributed by atoms with Crippen molar-refractivity contribution in [2.75, 3.05) is 0 Å². The van der Waals surface area contributed by atoms with E-state index in [0.29, 0.717) is 11.1 Å². The van der Waals surface area contributed by atoms with Crippen LogP contribution in [0.2, 0.25) is 0 Å². The van der Waals surface area contributed by atoms with Gasteiger partial charge < -0.3 is 0 Å². The zero-order chi connectivity index (χ0) is 12.8. The largest absolute Gasteiger partial charge is 0.289 e. The highest BCUT2D eigenvalue weighted by molar-refractivity contribution is 7.10. The topological polar surface area (TPSA) is 63.0 Å². The number of aromatic nitrogens is 4. The highest BCUT2D eigenvalue weighted by Crippen LogP contribution is 2.08. The van der Waals surface area contributed by atoms with E-state index in [1.165, 1.54) is 0 Å². The number of hydrogen-bond acceptors (Lipinski definition) is 4. The normalized spacial score (nSPS) is 14.8. The fourth-order valence-corrected chi connectivity index (χ4v) is 2.93. The first-order chi connectivity index (χ1) is 9.31. The standard InChI is InChI=1S/C13H10N4OS/c18-12-11(7-8-3-2-6-19-8)17-13(15-12)14-9-4-1-5-10(9)16-17/h2-4,6-7H,1,5H2,(H,14,15,18)/b11-7-. The highest BCUT2D eigenvalue weighted by atomic mass is 32.1. The van der Waals surface area contributed by atoms with Gasteiger partial charge in [0.05, 0.1) is 11.0 Å². The van der Waals surface area contributed by atoms with Crippen LogP contribution in [-0.4, -0.2) is 19.6 Å². The predicted octanol–water partition coefficient (Wildman–Crippen LogP) is 0.0346. The first kappa shape index (κ1) is 10.7. The number of rotatable bonds is 1. The fraction of sp³-hybridized carbons (Fsp3) is 0.154. The van der Waals surface area contributed by atoms with Gasteiger partial charge in [-0.2, -0.15) is 9.61 Å². The molecule has 94 valence electrons. The number of thiophene rings is 1. The van der Waals surface area contributed by atoms with Gasteiger partial charge in [-0.25, -0.2) is 4.98 Å². The maximum Gasteiger partial charge on any atom is 0.276 e. The van der Waals surface area contributed by atoms with Gasteiger partial charge in [-0.05, 0) is 30.4 Å². The van der Waals surface area contributed by atoms with Crippen molar-refractivity contribution in [3.8, 4) is 0 Å². The molecule has 6 heteroatoms. The average molecular weight is 270 g/mol. The summed E-state index contributed by atoms with van der Waals surface area (Å²) in [7, 11) is 0. The third-order valence-electron chi connectivity index (χ3n) is 3.17. The maximum atomic E-state index is 12.0. The Kier molecular flexibility index (Phi) is 2.19. The van der Waals surface area contributed by atoms with E-state index in [0.717, 1.165) is 28.8 Å². The number of nitrogens with zero attached hydrogens (tertiary/aromatic N) is 3. The molecule has 0 fully saturated rings. The number of nitrogens with one attached hydrogen (secondary N) is 1. The van der Waals surface area contributed by atoms with Gasteiger partial charge in [0.2, 0.25) is 5.78 Å². The molecule has 3 aromatic heterocycles. The van der Waals surface area contributed by atoms with Crippen molar-refractivity contribution in [2.24, 2.45) is 0 Å². The average Bonchev–Trinajstić information content (AvgIpc) is 3.10. The quantitative estimate of drug-likeness (QED) is 0.679. The summed E-state index contributed by atoms with van der Waals surface area (Å²) < 4.78 is 1.61. The molecule has 0 bridgehead atoms. The minimum atomic E-state index is -0.155. The SMILES string of the molecule is O=c1[nH]c2nc3c(nn2/c1=C\c1cccs1)CCC=3. The molecule has 19 heavy (non-hydrogen) atoms. The third-order valence-corrected chi connectivity index (χ3v) is 3.99. The molecule has 0 aromatic carbocycles. The summed E-state index contributed by atoms with van der Waals surface area (Å²) in [6.45, 7) is 0. The third kappa shape index (κ3) is 1.64. The second-order valence-corrected chi connectivity index (χ2v) is 5.40. The Morgan fingerprint density at radius 2 is 2.42 bits per heavy atom. The minimum absolute atomic E-state index is 0.155. The first-order valence-corrected chi connectivity index (χ1v) is 6.92. The van der Waals surface area contributed by atoms with Crippen LogP contribution in [0.15, 0.2) is 22.3 Å². The smallest absolute Gasteiger partial charge is 0.276 e. The molecular formula is C13H10N4OS. The Balaban J connectivity index is 2.10. The van der Waals surface area contributed by atoms with Crippen molar-refractivity contribution in [2.45, 2.75) is 12.8 Å². The lowest BCUT2D eigenvalue weighted by atomic mass is 10.3. The van der Waals surface area contributed by atoms with Gasteiger partial charge in [0.25, 0.3) is 5.56 Å². The Morgan fingerprint density at radius 1 is 1.47 bits per heavy atom. The molecule has 3 aromatic rings. The zero-order valence-electron chi connectivity index (χ0n) is 9.96. The van der Waals surface area contributed by atoms with Crippen molar-refractivity contribution in [3.05, 3.63) is 49.1 Å². The van der Waals surface area contributed by atoms with Gasteiger partial charge >= 0.3 is 0 Å². The second-order valence-electron chi connectivity index (χ2n) is 4.42. The van der Waals surface area contributed by atoms with Crippen LogP contribution in [0.4, 0.5) is 0 Å². The second kappa shape index (κ2) is 3.89. The number of aryl methyl sites for hydroxylation is 1. The summed E-state index contributed by atoms with van der Waals surface area (Å²) in [6, 6.07) is 3.93. The Morgan fingerprint density at radius 3 is 3.26 bits per heavy atom. The van der Waals surface area contributed by atoms with E-state index in [2.05, 4.69) is 21.1 Å². The van der Waals surface area contributed by atoms with Crippen LogP contribution in [0.1, 0.15) is 17.0 Å². The van der Waals surface area contributed by atoms with Crippen molar-refractivity contribution in [1.82, 2.24) is 19.6 Å². The number of fused-ring (bicyclic) bond motifs is 2. The van der Waals surface area contributed by atoms with E-state index in [1.54, 1.807) is 15.9 Å². The van der Waals surface area contributed by atoms with Gasteiger partial charge in [-0.1, -0.05) is 12.1 Å². The minimum Gasteiger partial charge on any atom is -0.289 e. The van der Waals surface area contributed by atoms with Crippen LogP contribution < -0.4 is 16.3 Å². The Hall–Kier alpha value is -2.21. The van der Waals surface area contributed by atoms with E-state index >= 15 is 0 Å². The molecule has 0 radical (unpaired) electrons. The monoisotopic (exact) mass is 270 g/mol. The van der Waals surface area contributed by atoms with Crippen molar-refractivity contribution < 1.29 is 0 Å². The van der Waals surface area contributed by atoms with Gasteiger partial charge in [0.1, 0.15) is 5.35 Å². The lowest BCUT2D eigenvalue weighted by molar-refractivity contribution is 0.808.